The van der Waals surface area contributed by atoms with Gasteiger partial charge < -0.3 is 39.1 Å². The number of nitrogens with one attached hydrogen (secondary N) is 1. The Hall–Kier alpha value is -7.08. The molecule has 5 aromatic carbocycles. The summed E-state index contributed by atoms with van der Waals surface area (Å²) in [4.78, 5) is 57.0. The summed E-state index contributed by atoms with van der Waals surface area (Å²) in [7, 11) is 0. The zero-order valence-electron chi connectivity index (χ0n) is 41.3. The molecule has 12 heteroatoms. The lowest BCUT2D eigenvalue weighted by molar-refractivity contribution is 0.0224. The van der Waals surface area contributed by atoms with Gasteiger partial charge in [-0.05, 0) is 141 Å². The van der Waals surface area contributed by atoms with Crippen LogP contribution in [0.15, 0.2) is 100 Å². The molecule has 3 heterocycles. The van der Waals surface area contributed by atoms with E-state index in [9.17, 15) is 29.4 Å². The van der Waals surface area contributed by atoms with Crippen molar-refractivity contribution in [1.29, 1.82) is 0 Å². The summed E-state index contributed by atoms with van der Waals surface area (Å²) < 4.78 is 24.7. The first-order valence-electron chi connectivity index (χ1n) is 24.3. The Balaban J connectivity index is 0.862. The zero-order valence-corrected chi connectivity index (χ0v) is 41.3. The van der Waals surface area contributed by atoms with Gasteiger partial charge in [0.05, 0.1) is 5.56 Å². The van der Waals surface area contributed by atoms with Gasteiger partial charge in [0.15, 0.2) is 11.4 Å². The Morgan fingerprint density at radius 2 is 1.39 bits per heavy atom. The number of nitrogens with zero attached hydrogens (tertiary/aromatic N) is 1. The van der Waals surface area contributed by atoms with Crippen LogP contribution in [0.4, 0.5) is 5.69 Å². The van der Waals surface area contributed by atoms with Gasteiger partial charge in [-0.3, -0.25) is 9.59 Å². The van der Waals surface area contributed by atoms with Gasteiger partial charge in [-0.25, -0.2) is 9.59 Å². The highest BCUT2D eigenvalue weighted by Crippen LogP contribution is 2.57. The van der Waals surface area contributed by atoms with Crippen molar-refractivity contribution in [2.24, 2.45) is 16.7 Å². The fourth-order valence-corrected chi connectivity index (χ4v) is 9.96. The predicted molar refractivity (Wildman–Crippen MR) is 269 cm³/mol. The average molecular weight is 947 g/mol. The van der Waals surface area contributed by atoms with E-state index in [-0.39, 0.29) is 57.6 Å². The van der Waals surface area contributed by atoms with Crippen molar-refractivity contribution in [2.75, 3.05) is 18.0 Å². The molecule has 3 N–H and O–H groups in total. The second-order valence-electron chi connectivity index (χ2n) is 21.9. The average Bonchev–Trinajstić information content (AvgIpc) is 3.58. The second-order valence-corrected chi connectivity index (χ2v) is 21.9. The Kier molecular flexibility index (Phi) is 12.6. The Morgan fingerprint density at radius 1 is 0.743 bits per heavy atom. The van der Waals surface area contributed by atoms with Crippen LogP contribution in [-0.4, -0.2) is 47.0 Å². The minimum atomic E-state index is -1.44. The van der Waals surface area contributed by atoms with Crippen LogP contribution in [0.2, 0.25) is 0 Å². The number of phenolic OH excluding ortho intramolecular Hbond substituents is 2. The van der Waals surface area contributed by atoms with E-state index < -0.39 is 23.1 Å². The van der Waals surface area contributed by atoms with Crippen molar-refractivity contribution in [3.05, 3.63) is 146 Å². The molecule has 1 atom stereocenters. The maximum absolute atomic E-state index is 13.9. The largest absolute Gasteiger partial charge is 0.508 e. The Bertz CT molecular complexity index is 3070. The van der Waals surface area contributed by atoms with Crippen molar-refractivity contribution in [3.63, 3.8) is 0 Å². The lowest BCUT2D eigenvalue weighted by Gasteiger charge is -2.36. The Labute approximate surface area is 408 Å². The first-order chi connectivity index (χ1) is 33.1. The van der Waals surface area contributed by atoms with Crippen LogP contribution in [0.5, 0.6) is 34.5 Å². The van der Waals surface area contributed by atoms with Crippen LogP contribution in [0.25, 0.3) is 11.0 Å². The van der Waals surface area contributed by atoms with E-state index in [1.807, 2.05) is 18.2 Å². The summed E-state index contributed by atoms with van der Waals surface area (Å²) in [5.74, 6) is 0.657. The first-order valence-corrected chi connectivity index (χ1v) is 24.3. The molecule has 70 heavy (non-hydrogen) atoms. The number of rotatable bonds is 12. The lowest BCUT2D eigenvalue weighted by atomic mass is 9.77. The molecule has 1 aromatic heterocycles. The number of benzene rings is 5. The summed E-state index contributed by atoms with van der Waals surface area (Å²) in [5, 5.41) is 24.5. The SMILES string of the molecule is Cc1cc(Oc2ccc3c(c2)Oc2cc(O)ccc2C32OC(=O)c3cc(C(=O)CC4CCC(NC(=O)c5cc6ccc(N(CCC(C)(C)C)CCC(C)(C)C)cc6oc5=O)CC4)ccc32)cc(C)c1O. The van der Waals surface area contributed by atoms with E-state index in [1.165, 1.54) is 12.1 Å². The van der Waals surface area contributed by atoms with Gasteiger partial charge in [-0.1, -0.05) is 53.7 Å². The minimum Gasteiger partial charge on any atom is -0.508 e. The normalized spacial score (nSPS) is 18.4. The number of fused-ring (bicyclic) bond motifs is 7. The molecule has 12 nitrogen and oxygen atoms in total. The molecule has 2 aliphatic heterocycles. The smallest absolute Gasteiger partial charge is 0.349 e. The van der Waals surface area contributed by atoms with Crippen LogP contribution in [0.3, 0.4) is 0 Å². The molecular formula is C58H62N2O10. The van der Waals surface area contributed by atoms with Crippen molar-refractivity contribution >= 4 is 34.3 Å². The molecule has 1 spiro atoms. The number of amides is 1. The quantitative estimate of drug-likeness (QED) is 0.0607. The zero-order chi connectivity index (χ0) is 49.9. The second kappa shape index (κ2) is 18.3. The Morgan fingerprint density at radius 3 is 2.06 bits per heavy atom. The van der Waals surface area contributed by atoms with Crippen LogP contribution in [0.1, 0.15) is 145 Å². The van der Waals surface area contributed by atoms with Crippen LogP contribution < -0.4 is 25.3 Å². The first kappa shape index (κ1) is 48.0. The molecule has 0 saturated heterocycles. The predicted octanol–water partition coefficient (Wildman–Crippen LogP) is 12.4. The highest BCUT2D eigenvalue weighted by molar-refractivity contribution is 6.02. The van der Waals surface area contributed by atoms with Gasteiger partial charge in [0.2, 0.25) is 0 Å². The van der Waals surface area contributed by atoms with Gasteiger partial charge in [0, 0.05) is 77.1 Å². The topological polar surface area (TPSA) is 165 Å². The minimum absolute atomic E-state index is 0.0335. The van der Waals surface area contributed by atoms with E-state index >= 15 is 0 Å². The number of carbonyl (C=O) groups is 3. The molecule has 3 aliphatic rings. The molecule has 1 saturated carbocycles. The number of aromatic hydroxyl groups is 2. The van der Waals surface area contributed by atoms with Gasteiger partial charge in [0.25, 0.3) is 5.91 Å². The van der Waals surface area contributed by atoms with Crippen LogP contribution in [-0.2, 0) is 10.3 Å². The number of hydrogen-bond acceptors (Lipinski definition) is 11. The van der Waals surface area contributed by atoms with Crippen molar-refractivity contribution in [1.82, 2.24) is 5.32 Å². The fraction of sp³-hybridized carbons (Fsp3) is 0.379. The van der Waals surface area contributed by atoms with Crippen molar-refractivity contribution < 1.29 is 43.2 Å². The molecular weight excluding hydrogens is 885 g/mol. The number of esters is 1. The number of anilines is 1. The highest BCUT2D eigenvalue weighted by atomic mass is 16.6. The summed E-state index contributed by atoms with van der Waals surface area (Å²) in [6, 6.07) is 25.7. The fourth-order valence-electron chi connectivity index (χ4n) is 9.96. The van der Waals surface area contributed by atoms with Crippen molar-refractivity contribution in [2.45, 2.75) is 112 Å². The number of phenols is 2. The number of hydrogen-bond donors (Lipinski definition) is 3. The number of ether oxygens (including phenoxy) is 3. The third-order valence-electron chi connectivity index (χ3n) is 14.0. The maximum Gasteiger partial charge on any atom is 0.349 e. The van der Waals surface area contributed by atoms with Gasteiger partial charge in [-0.15, -0.1) is 0 Å². The van der Waals surface area contributed by atoms with E-state index in [4.69, 9.17) is 18.6 Å². The molecule has 1 aliphatic carbocycles. The summed E-state index contributed by atoms with van der Waals surface area (Å²) >= 11 is 0. The van der Waals surface area contributed by atoms with Crippen LogP contribution >= 0.6 is 0 Å². The summed E-state index contributed by atoms with van der Waals surface area (Å²) in [6.45, 7) is 18.7. The lowest BCUT2D eigenvalue weighted by Crippen LogP contribution is -2.39. The standard InChI is InChI=1S/C58H62N2O10/c1-33-25-42(26-34(2)52(33)63)67-41-17-20-47-51(32-41)68-50-31-40(61)16-19-46(50)58(47)45-18-12-36(28-43(45)55(66)70-58)48(62)27-35-9-13-38(14-10-35)59-53(64)44-29-37-11-15-39(30-49(37)69-54(44)65)60(23-21-56(3,4)5)24-22-57(6,7)8/h11-12,15-20,25-26,28-32,35,38,61,63H,9-10,13-14,21-24,27H2,1-8H3,(H,59,64). The molecule has 364 valence electrons. The summed E-state index contributed by atoms with van der Waals surface area (Å²) in [5.41, 5.74) is 3.19. The molecule has 1 amide bonds. The van der Waals surface area contributed by atoms with E-state index in [0.717, 1.165) is 31.6 Å². The van der Waals surface area contributed by atoms with E-state index in [2.05, 4.69) is 51.8 Å². The van der Waals surface area contributed by atoms with E-state index in [1.54, 1.807) is 74.5 Å². The van der Waals surface area contributed by atoms with Gasteiger partial charge in [0.1, 0.15) is 45.6 Å². The molecule has 6 aromatic rings. The monoisotopic (exact) mass is 946 g/mol. The van der Waals surface area contributed by atoms with Crippen LogP contribution in [0, 0.1) is 30.6 Å². The summed E-state index contributed by atoms with van der Waals surface area (Å²) in [6.07, 6.45) is 4.95. The third-order valence-corrected chi connectivity index (χ3v) is 14.0. The molecule has 1 fully saturated rings. The number of Topliss-reactive ketones (excluding diaryl/α,β-unsaturated/α-hetero) is 1. The number of ketones is 1. The molecule has 0 bridgehead atoms. The van der Waals surface area contributed by atoms with Crippen molar-refractivity contribution in [3.8, 4) is 34.5 Å². The maximum atomic E-state index is 13.9. The number of aryl methyl sites for hydroxylation is 2. The number of carbonyl (C=O) groups excluding carboxylic acids is 3. The molecule has 9 rings (SSSR count). The highest BCUT2D eigenvalue weighted by Gasteiger charge is 2.54. The van der Waals surface area contributed by atoms with E-state index in [0.29, 0.717) is 93.0 Å². The molecule has 0 radical (unpaired) electrons. The van der Waals surface area contributed by atoms with Gasteiger partial charge in [-0.2, -0.15) is 0 Å². The third kappa shape index (κ3) is 9.73. The van der Waals surface area contributed by atoms with Gasteiger partial charge >= 0.3 is 11.6 Å². The molecule has 1 unspecified atom stereocenters.